The van der Waals surface area contributed by atoms with Crippen LogP contribution in [-0.4, -0.2) is 42.2 Å². The van der Waals surface area contributed by atoms with Crippen LogP contribution in [0.5, 0.6) is 0 Å². The van der Waals surface area contributed by atoms with Gasteiger partial charge in [-0.15, -0.1) is 12.4 Å². The van der Waals surface area contributed by atoms with Crippen molar-refractivity contribution in [1.82, 2.24) is 4.90 Å². The number of anilines is 2. The van der Waals surface area contributed by atoms with Crippen LogP contribution in [0.25, 0.3) is 0 Å². The van der Waals surface area contributed by atoms with Crippen molar-refractivity contribution in [3.05, 3.63) is 59.7 Å². The molecule has 5 heteroatoms. The van der Waals surface area contributed by atoms with Crippen molar-refractivity contribution in [3.8, 4) is 0 Å². The molecule has 0 radical (unpaired) electrons. The van der Waals surface area contributed by atoms with Crippen molar-refractivity contribution in [3.63, 3.8) is 0 Å². The molecular formula is C24H31ClN2O2. The van der Waals surface area contributed by atoms with Gasteiger partial charge in [-0.1, -0.05) is 36.4 Å². The average Bonchev–Trinajstić information content (AvgIpc) is 3.07. The molecule has 2 aliphatic rings. The minimum absolute atomic E-state index is 0. The quantitative estimate of drug-likeness (QED) is 0.653. The maximum Gasteiger partial charge on any atom is 0.303 e. The van der Waals surface area contributed by atoms with Gasteiger partial charge in [-0.3, -0.25) is 4.79 Å². The molecule has 2 aliphatic heterocycles. The summed E-state index contributed by atoms with van der Waals surface area (Å²) in [6.45, 7) is 4.10. The van der Waals surface area contributed by atoms with Crippen LogP contribution in [-0.2, 0) is 17.6 Å². The number of para-hydroxylation sites is 2. The van der Waals surface area contributed by atoms with E-state index in [1.54, 1.807) is 0 Å². The van der Waals surface area contributed by atoms with Gasteiger partial charge in [0.15, 0.2) is 0 Å². The average molecular weight is 415 g/mol. The number of carbonyl (C=O) groups is 1. The molecule has 2 aromatic carbocycles. The summed E-state index contributed by atoms with van der Waals surface area (Å²) < 4.78 is 0. The Kier molecular flexibility index (Phi) is 7.57. The van der Waals surface area contributed by atoms with Crippen LogP contribution >= 0.6 is 12.4 Å². The maximum atomic E-state index is 10.9. The van der Waals surface area contributed by atoms with Crippen molar-refractivity contribution in [2.24, 2.45) is 5.92 Å². The highest BCUT2D eigenvalue weighted by Crippen LogP contribution is 2.36. The number of carboxylic acid groups (broad SMARTS) is 1. The number of benzene rings is 2. The summed E-state index contributed by atoms with van der Waals surface area (Å²) in [6, 6.07) is 17.6. The van der Waals surface area contributed by atoms with Crippen molar-refractivity contribution >= 4 is 29.8 Å². The molecule has 156 valence electrons. The molecule has 2 aromatic rings. The summed E-state index contributed by atoms with van der Waals surface area (Å²) in [5, 5.41) is 8.98. The molecule has 0 spiro atoms. The van der Waals surface area contributed by atoms with E-state index in [-0.39, 0.29) is 12.4 Å². The zero-order valence-electron chi connectivity index (χ0n) is 16.9. The Labute approximate surface area is 179 Å². The van der Waals surface area contributed by atoms with Gasteiger partial charge in [0.2, 0.25) is 0 Å². The summed E-state index contributed by atoms with van der Waals surface area (Å²) >= 11 is 0. The third kappa shape index (κ3) is 5.31. The largest absolute Gasteiger partial charge is 0.481 e. The summed E-state index contributed by atoms with van der Waals surface area (Å²) in [5.41, 5.74) is 5.59. The Morgan fingerprint density at radius 2 is 1.52 bits per heavy atom. The SMILES string of the molecule is Cl.O=C(O)CC1CCN(CCCCN2c3ccccc3CCc3ccccc32)C1. The number of unbranched alkanes of at least 4 members (excludes halogenated alkanes) is 1. The van der Waals surface area contributed by atoms with E-state index in [9.17, 15) is 4.79 Å². The van der Waals surface area contributed by atoms with Gasteiger partial charge in [0.25, 0.3) is 0 Å². The van der Waals surface area contributed by atoms with Crippen LogP contribution in [0.15, 0.2) is 48.5 Å². The topological polar surface area (TPSA) is 43.8 Å². The number of aryl methyl sites for hydroxylation is 2. The molecule has 2 heterocycles. The summed E-state index contributed by atoms with van der Waals surface area (Å²) in [4.78, 5) is 15.9. The summed E-state index contributed by atoms with van der Waals surface area (Å²) in [5.74, 6) is -0.327. The van der Waals surface area contributed by atoms with Gasteiger partial charge >= 0.3 is 5.97 Å². The Morgan fingerprint density at radius 3 is 2.14 bits per heavy atom. The maximum absolute atomic E-state index is 10.9. The Morgan fingerprint density at radius 1 is 0.931 bits per heavy atom. The molecule has 29 heavy (non-hydrogen) atoms. The Bertz CT molecular complexity index is 779. The lowest BCUT2D eigenvalue weighted by Gasteiger charge is -2.27. The zero-order valence-corrected chi connectivity index (χ0v) is 17.7. The molecule has 0 bridgehead atoms. The van der Waals surface area contributed by atoms with Gasteiger partial charge in [-0.2, -0.15) is 0 Å². The van der Waals surface area contributed by atoms with E-state index in [2.05, 4.69) is 58.3 Å². The van der Waals surface area contributed by atoms with Gasteiger partial charge in [0.05, 0.1) is 0 Å². The highest BCUT2D eigenvalue weighted by atomic mass is 35.5. The van der Waals surface area contributed by atoms with E-state index in [1.165, 1.54) is 22.5 Å². The van der Waals surface area contributed by atoms with E-state index in [1.807, 2.05) is 0 Å². The standard InChI is InChI=1S/C24H30N2O2.ClH/c27-24(28)17-19-13-16-25(18-19)14-5-6-15-26-22-9-3-1-7-20(22)11-12-21-8-2-4-10-23(21)26;/h1-4,7-10,19H,5-6,11-18H2,(H,27,28);1H. The lowest BCUT2D eigenvalue weighted by molar-refractivity contribution is -0.138. The van der Waals surface area contributed by atoms with Crippen LogP contribution in [0.1, 0.15) is 36.8 Å². The van der Waals surface area contributed by atoms with Gasteiger partial charge in [-0.05, 0) is 74.4 Å². The first-order valence-corrected chi connectivity index (χ1v) is 10.6. The molecule has 4 rings (SSSR count). The highest BCUT2D eigenvalue weighted by Gasteiger charge is 2.24. The third-order valence-electron chi connectivity index (χ3n) is 6.17. The number of nitrogens with zero attached hydrogens (tertiary/aromatic N) is 2. The van der Waals surface area contributed by atoms with Gasteiger partial charge in [0, 0.05) is 30.9 Å². The molecule has 1 fully saturated rings. The molecule has 0 saturated carbocycles. The first kappa shape index (κ1) is 21.7. The fraction of sp³-hybridized carbons (Fsp3) is 0.458. The molecule has 1 unspecified atom stereocenters. The van der Waals surface area contributed by atoms with Crippen molar-refractivity contribution in [1.29, 1.82) is 0 Å². The number of aliphatic carboxylic acids is 1. The molecule has 1 N–H and O–H groups in total. The van der Waals surface area contributed by atoms with Gasteiger partial charge in [-0.25, -0.2) is 0 Å². The zero-order chi connectivity index (χ0) is 19.3. The second-order valence-electron chi connectivity index (χ2n) is 8.17. The second-order valence-corrected chi connectivity index (χ2v) is 8.17. The van der Waals surface area contributed by atoms with Crippen LogP contribution < -0.4 is 4.90 Å². The normalized spacial score (nSPS) is 18.5. The highest BCUT2D eigenvalue weighted by molar-refractivity contribution is 5.85. The Balaban J connectivity index is 0.00000240. The van der Waals surface area contributed by atoms with Crippen molar-refractivity contribution in [2.75, 3.05) is 31.1 Å². The molecule has 1 atom stereocenters. The smallest absolute Gasteiger partial charge is 0.303 e. The number of hydrogen-bond donors (Lipinski definition) is 1. The molecule has 0 aliphatic carbocycles. The first-order chi connectivity index (χ1) is 13.7. The minimum Gasteiger partial charge on any atom is -0.481 e. The van der Waals surface area contributed by atoms with Crippen LogP contribution in [0.4, 0.5) is 11.4 Å². The number of likely N-dealkylation sites (tertiary alicyclic amines) is 1. The number of carboxylic acids is 1. The van der Waals surface area contributed by atoms with E-state index in [0.717, 1.165) is 58.3 Å². The van der Waals surface area contributed by atoms with Crippen LogP contribution in [0.2, 0.25) is 0 Å². The van der Waals surface area contributed by atoms with Gasteiger partial charge in [0.1, 0.15) is 0 Å². The Hall–Kier alpha value is -2.04. The predicted octanol–water partition coefficient (Wildman–Crippen LogP) is 4.92. The fourth-order valence-corrected chi connectivity index (χ4v) is 4.75. The lowest BCUT2D eigenvalue weighted by Crippen LogP contribution is -2.24. The van der Waals surface area contributed by atoms with E-state index in [4.69, 9.17) is 5.11 Å². The molecule has 1 saturated heterocycles. The first-order valence-electron chi connectivity index (χ1n) is 10.6. The monoisotopic (exact) mass is 414 g/mol. The second kappa shape index (κ2) is 10.1. The van der Waals surface area contributed by atoms with Crippen molar-refractivity contribution in [2.45, 2.75) is 38.5 Å². The number of fused-ring (bicyclic) bond motifs is 2. The molecule has 0 aromatic heterocycles. The number of hydrogen-bond acceptors (Lipinski definition) is 3. The molecule has 0 amide bonds. The van der Waals surface area contributed by atoms with E-state index in [0.29, 0.717) is 12.3 Å². The van der Waals surface area contributed by atoms with Crippen molar-refractivity contribution < 1.29 is 9.90 Å². The molecule has 4 nitrogen and oxygen atoms in total. The molecular weight excluding hydrogens is 384 g/mol. The minimum atomic E-state index is -0.662. The number of halogens is 1. The number of rotatable bonds is 7. The van der Waals surface area contributed by atoms with E-state index < -0.39 is 5.97 Å². The van der Waals surface area contributed by atoms with E-state index >= 15 is 0 Å². The summed E-state index contributed by atoms with van der Waals surface area (Å²) in [6.07, 6.45) is 5.84. The third-order valence-corrected chi connectivity index (χ3v) is 6.17. The van der Waals surface area contributed by atoms with Gasteiger partial charge < -0.3 is 14.9 Å². The van der Waals surface area contributed by atoms with Crippen LogP contribution in [0, 0.1) is 5.92 Å². The lowest BCUT2D eigenvalue weighted by atomic mass is 10.0. The summed E-state index contributed by atoms with van der Waals surface area (Å²) in [7, 11) is 0. The van der Waals surface area contributed by atoms with Crippen LogP contribution in [0.3, 0.4) is 0 Å². The fourth-order valence-electron chi connectivity index (χ4n) is 4.75. The predicted molar refractivity (Wildman–Crippen MR) is 121 cm³/mol.